The van der Waals surface area contributed by atoms with Crippen LogP contribution in [0.15, 0.2) is 18.2 Å². The molecular weight excluding hydrogens is 314 g/mol. The number of amides is 1. The van der Waals surface area contributed by atoms with Crippen LogP contribution in [0, 0.1) is 5.92 Å². The summed E-state index contributed by atoms with van der Waals surface area (Å²) in [4.78, 5) is 17.7. The molecule has 0 radical (unpaired) electrons. The molecule has 0 unspecified atom stereocenters. The van der Waals surface area contributed by atoms with E-state index in [0.717, 1.165) is 51.3 Å². The number of carbonyl (C=O) groups excluding carboxylic acids is 1. The smallest absolute Gasteiger partial charge is 0.229 e. The van der Waals surface area contributed by atoms with Crippen molar-refractivity contribution in [1.29, 1.82) is 0 Å². The Hall–Kier alpha value is -1.75. The Morgan fingerprint density at radius 1 is 0.960 bits per heavy atom. The van der Waals surface area contributed by atoms with Gasteiger partial charge in [-0.2, -0.15) is 0 Å². The van der Waals surface area contributed by atoms with E-state index in [1.54, 1.807) is 0 Å². The lowest BCUT2D eigenvalue weighted by atomic mass is 10.0. The SMILES string of the molecule is O=C(Nc1c(N2CCCC2)cccc1N1CCCC1)[C@H]1CCCOC1. The summed E-state index contributed by atoms with van der Waals surface area (Å²) in [7, 11) is 0. The molecule has 3 heterocycles. The summed E-state index contributed by atoms with van der Waals surface area (Å²) in [6, 6.07) is 6.47. The van der Waals surface area contributed by atoms with Crippen molar-refractivity contribution in [3.8, 4) is 0 Å². The molecule has 0 bridgehead atoms. The first-order chi connectivity index (χ1) is 12.3. The van der Waals surface area contributed by atoms with Gasteiger partial charge in [-0.25, -0.2) is 0 Å². The van der Waals surface area contributed by atoms with Gasteiger partial charge in [0.1, 0.15) is 0 Å². The average Bonchev–Trinajstić information content (AvgIpc) is 3.36. The van der Waals surface area contributed by atoms with E-state index in [1.165, 1.54) is 37.1 Å². The first kappa shape index (κ1) is 16.7. The molecule has 0 saturated carbocycles. The Morgan fingerprint density at radius 3 is 2.08 bits per heavy atom. The number of para-hydroxylation sites is 1. The minimum absolute atomic E-state index is 0.0215. The van der Waals surface area contributed by atoms with Gasteiger partial charge in [0.15, 0.2) is 0 Å². The number of rotatable bonds is 4. The molecule has 1 aromatic carbocycles. The Kier molecular flexibility index (Phi) is 5.11. The van der Waals surface area contributed by atoms with Gasteiger partial charge in [-0.15, -0.1) is 0 Å². The van der Waals surface area contributed by atoms with Crippen LogP contribution in [0.2, 0.25) is 0 Å². The lowest BCUT2D eigenvalue weighted by Gasteiger charge is -2.29. The topological polar surface area (TPSA) is 44.8 Å². The Bertz CT molecular complexity index is 567. The summed E-state index contributed by atoms with van der Waals surface area (Å²) < 4.78 is 5.52. The van der Waals surface area contributed by atoms with E-state index in [2.05, 4.69) is 33.3 Å². The zero-order chi connectivity index (χ0) is 17.1. The zero-order valence-corrected chi connectivity index (χ0v) is 15.0. The molecule has 136 valence electrons. The predicted molar refractivity (Wildman–Crippen MR) is 102 cm³/mol. The molecular formula is C20H29N3O2. The van der Waals surface area contributed by atoms with Gasteiger partial charge in [-0.3, -0.25) is 4.79 Å². The van der Waals surface area contributed by atoms with Crippen molar-refractivity contribution in [2.45, 2.75) is 38.5 Å². The van der Waals surface area contributed by atoms with Gasteiger partial charge in [0, 0.05) is 32.8 Å². The number of ether oxygens (including phenoxy) is 1. The number of anilines is 3. The van der Waals surface area contributed by atoms with Crippen LogP contribution < -0.4 is 15.1 Å². The van der Waals surface area contributed by atoms with Crippen LogP contribution >= 0.6 is 0 Å². The zero-order valence-electron chi connectivity index (χ0n) is 15.0. The average molecular weight is 343 g/mol. The van der Waals surface area contributed by atoms with E-state index < -0.39 is 0 Å². The lowest BCUT2D eigenvalue weighted by molar-refractivity contribution is -0.123. The second-order valence-corrected chi connectivity index (χ2v) is 7.46. The maximum absolute atomic E-state index is 12.9. The van der Waals surface area contributed by atoms with Crippen LogP contribution in [-0.4, -0.2) is 45.3 Å². The van der Waals surface area contributed by atoms with Crippen molar-refractivity contribution in [3.05, 3.63) is 18.2 Å². The summed E-state index contributed by atoms with van der Waals surface area (Å²) in [6.07, 6.45) is 6.84. The molecule has 1 atom stereocenters. The highest BCUT2D eigenvalue weighted by Gasteiger charge is 2.27. The van der Waals surface area contributed by atoms with E-state index >= 15 is 0 Å². The molecule has 0 aliphatic carbocycles. The van der Waals surface area contributed by atoms with Crippen LogP contribution in [0.3, 0.4) is 0 Å². The van der Waals surface area contributed by atoms with Gasteiger partial charge in [-0.1, -0.05) is 6.07 Å². The Balaban J connectivity index is 1.62. The first-order valence-corrected chi connectivity index (χ1v) is 9.84. The van der Waals surface area contributed by atoms with Gasteiger partial charge in [-0.05, 0) is 50.7 Å². The minimum Gasteiger partial charge on any atom is -0.381 e. The second-order valence-electron chi connectivity index (χ2n) is 7.46. The molecule has 0 spiro atoms. The number of hydrogen-bond acceptors (Lipinski definition) is 4. The molecule has 5 nitrogen and oxygen atoms in total. The van der Waals surface area contributed by atoms with Crippen molar-refractivity contribution in [2.75, 3.05) is 54.5 Å². The van der Waals surface area contributed by atoms with Crippen molar-refractivity contribution in [3.63, 3.8) is 0 Å². The fourth-order valence-electron chi connectivity index (χ4n) is 4.27. The molecule has 1 N–H and O–H groups in total. The van der Waals surface area contributed by atoms with Crippen LogP contribution in [0.4, 0.5) is 17.1 Å². The monoisotopic (exact) mass is 343 g/mol. The molecule has 3 saturated heterocycles. The lowest BCUT2D eigenvalue weighted by Crippen LogP contribution is -2.32. The quantitative estimate of drug-likeness (QED) is 0.911. The molecule has 3 fully saturated rings. The highest BCUT2D eigenvalue weighted by atomic mass is 16.5. The molecule has 4 rings (SSSR count). The predicted octanol–water partition coefficient (Wildman–Crippen LogP) is 3.25. The van der Waals surface area contributed by atoms with Gasteiger partial charge in [0.2, 0.25) is 5.91 Å². The summed E-state index contributed by atoms with van der Waals surface area (Å²) in [6.45, 7) is 5.67. The largest absolute Gasteiger partial charge is 0.381 e. The van der Waals surface area contributed by atoms with Crippen molar-refractivity contribution < 1.29 is 9.53 Å². The molecule has 5 heteroatoms. The van der Waals surface area contributed by atoms with E-state index in [0.29, 0.717) is 6.61 Å². The van der Waals surface area contributed by atoms with Crippen LogP contribution in [0.25, 0.3) is 0 Å². The third-order valence-corrected chi connectivity index (χ3v) is 5.69. The summed E-state index contributed by atoms with van der Waals surface area (Å²) in [5, 5.41) is 3.30. The fourth-order valence-corrected chi connectivity index (χ4v) is 4.27. The molecule has 3 aliphatic heterocycles. The van der Waals surface area contributed by atoms with Gasteiger partial charge in [0.25, 0.3) is 0 Å². The number of carbonyl (C=O) groups is 1. The molecule has 25 heavy (non-hydrogen) atoms. The van der Waals surface area contributed by atoms with Crippen LogP contribution in [-0.2, 0) is 9.53 Å². The number of hydrogen-bond donors (Lipinski definition) is 1. The maximum Gasteiger partial charge on any atom is 0.229 e. The van der Waals surface area contributed by atoms with Gasteiger partial charge in [0.05, 0.1) is 29.6 Å². The van der Waals surface area contributed by atoms with Gasteiger partial charge < -0.3 is 19.9 Å². The summed E-state index contributed by atoms with van der Waals surface area (Å²) in [5.74, 6) is 0.0959. The number of nitrogens with one attached hydrogen (secondary N) is 1. The highest BCUT2D eigenvalue weighted by Crippen LogP contribution is 2.39. The molecule has 3 aliphatic rings. The fraction of sp³-hybridized carbons (Fsp3) is 0.650. The molecule has 0 aromatic heterocycles. The third kappa shape index (κ3) is 3.61. The maximum atomic E-state index is 12.9. The third-order valence-electron chi connectivity index (χ3n) is 5.69. The van der Waals surface area contributed by atoms with Crippen molar-refractivity contribution >= 4 is 23.0 Å². The summed E-state index contributed by atoms with van der Waals surface area (Å²) >= 11 is 0. The van der Waals surface area contributed by atoms with Crippen molar-refractivity contribution in [2.24, 2.45) is 5.92 Å². The van der Waals surface area contributed by atoms with E-state index in [1.807, 2.05) is 0 Å². The van der Waals surface area contributed by atoms with E-state index in [9.17, 15) is 4.79 Å². The highest BCUT2D eigenvalue weighted by molar-refractivity contribution is 6.00. The minimum atomic E-state index is -0.0215. The van der Waals surface area contributed by atoms with Crippen LogP contribution in [0.5, 0.6) is 0 Å². The molecule has 1 aromatic rings. The standard InChI is InChI=1S/C20H29N3O2/c24-20(16-7-6-14-25-15-16)21-19-17(22-10-1-2-11-22)8-5-9-18(19)23-12-3-4-13-23/h5,8-9,16H,1-4,6-7,10-15H2,(H,21,24)/t16-/m0/s1. The molecule has 1 amide bonds. The van der Waals surface area contributed by atoms with Crippen molar-refractivity contribution in [1.82, 2.24) is 0 Å². The Labute approximate surface area is 150 Å². The summed E-state index contributed by atoms with van der Waals surface area (Å²) in [5.41, 5.74) is 3.39. The normalized spacial score (nSPS) is 23.9. The van der Waals surface area contributed by atoms with Gasteiger partial charge >= 0.3 is 0 Å². The first-order valence-electron chi connectivity index (χ1n) is 9.84. The van der Waals surface area contributed by atoms with E-state index in [4.69, 9.17) is 4.74 Å². The number of benzene rings is 1. The van der Waals surface area contributed by atoms with Crippen LogP contribution in [0.1, 0.15) is 38.5 Å². The second kappa shape index (κ2) is 7.65. The number of nitrogens with zero attached hydrogens (tertiary/aromatic N) is 2. The van der Waals surface area contributed by atoms with E-state index in [-0.39, 0.29) is 11.8 Å². The Morgan fingerprint density at radius 2 is 1.56 bits per heavy atom.